The van der Waals surface area contributed by atoms with Crippen molar-refractivity contribution >= 4 is 34.0 Å². The lowest BCUT2D eigenvalue weighted by Gasteiger charge is -2.24. The fraction of sp³-hybridized carbons (Fsp3) is 0.130. The minimum atomic E-state index is -1.37. The standard InChI is InChI=1S/C23H16F2N2O5S/c1-23(2,12-5-3-4-6-13(12)24)19(28)11-7-8-14(25)16(9-11)27-20(29)17-15(26-22(27)32)10-33-18(17)21(30)31/h3-10H,1-2H3,(H,26,32)(H,30,31). The number of carbonyl (C=O) groups excluding carboxylic acids is 1. The highest BCUT2D eigenvalue weighted by Gasteiger charge is 2.33. The summed E-state index contributed by atoms with van der Waals surface area (Å²) in [7, 11) is 0. The Morgan fingerprint density at radius 3 is 2.42 bits per heavy atom. The summed E-state index contributed by atoms with van der Waals surface area (Å²) < 4.78 is 29.5. The fourth-order valence-electron chi connectivity index (χ4n) is 3.69. The summed E-state index contributed by atoms with van der Waals surface area (Å²) in [5.41, 5.74) is -3.83. The number of aromatic amines is 1. The Labute approximate surface area is 188 Å². The van der Waals surface area contributed by atoms with Crippen LogP contribution in [0.3, 0.4) is 0 Å². The maximum Gasteiger partial charge on any atom is 0.346 e. The van der Waals surface area contributed by atoms with Crippen LogP contribution >= 0.6 is 11.3 Å². The van der Waals surface area contributed by atoms with Crippen molar-refractivity contribution in [1.29, 1.82) is 0 Å². The van der Waals surface area contributed by atoms with E-state index in [2.05, 4.69) is 4.98 Å². The van der Waals surface area contributed by atoms with Gasteiger partial charge in [0.15, 0.2) is 5.78 Å². The smallest absolute Gasteiger partial charge is 0.346 e. The molecule has 168 valence electrons. The highest BCUT2D eigenvalue weighted by Crippen LogP contribution is 2.30. The quantitative estimate of drug-likeness (QED) is 0.431. The first-order valence-electron chi connectivity index (χ1n) is 9.63. The third-order valence-corrected chi connectivity index (χ3v) is 6.38. The van der Waals surface area contributed by atoms with Crippen LogP contribution in [0.1, 0.15) is 39.4 Å². The van der Waals surface area contributed by atoms with Crippen LogP contribution < -0.4 is 11.2 Å². The summed E-state index contributed by atoms with van der Waals surface area (Å²) in [6.07, 6.45) is 0. The number of hydrogen-bond acceptors (Lipinski definition) is 5. The number of fused-ring (bicyclic) bond motifs is 1. The van der Waals surface area contributed by atoms with E-state index in [-0.39, 0.29) is 26.9 Å². The summed E-state index contributed by atoms with van der Waals surface area (Å²) in [5, 5.41) is 10.4. The molecule has 0 atom stereocenters. The summed E-state index contributed by atoms with van der Waals surface area (Å²) in [6, 6.07) is 8.87. The molecule has 0 saturated heterocycles. The van der Waals surface area contributed by atoms with Crippen molar-refractivity contribution < 1.29 is 23.5 Å². The van der Waals surface area contributed by atoms with E-state index in [0.717, 1.165) is 23.5 Å². The number of nitrogens with zero attached hydrogens (tertiary/aromatic N) is 1. The van der Waals surface area contributed by atoms with E-state index in [1.54, 1.807) is 6.07 Å². The van der Waals surface area contributed by atoms with E-state index in [4.69, 9.17) is 0 Å². The molecule has 0 saturated carbocycles. The van der Waals surface area contributed by atoms with Crippen molar-refractivity contribution in [1.82, 2.24) is 9.55 Å². The lowest BCUT2D eigenvalue weighted by Crippen LogP contribution is -2.35. The van der Waals surface area contributed by atoms with Gasteiger partial charge in [-0.2, -0.15) is 0 Å². The van der Waals surface area contributed by atoms with E-state index < -0.39 is 45.7 Å². The molecule has 0 spiro atoms. The molecule has 0 bridgehead atoms. The number of H-pyrrole nitrogens is 1. The van der Waals surface area contributed by atoms with Gasteiger partial charge in [-0.3, -0.25) is 9.59 Å². The molecule has 0 fully saturated rings. The van der Waals surface area contributed by atoms with Gasteiger partial charge >= 0.3 is 11.7 Å². The first-order valence-corrected chi connectivity index (χ1v) is 10.5. The molecule has 7 nitrogen and oxygen atoms in total. The lowest BCUT2D eigenvalue weighted by molar-refractivity contribution is 0.0703. The number of benzene rings is 2. The number of aromatic carboxylic acids is 1. The van der Waals surface area contributed by atoms with E-state index >= 15 is 0 Å². The molecule has 10 heteroatoms. The fourth-order valence-corrected chi connectivity index (χ4v) is 4.52. The van der Waals surface area contributed by atoms with Crippen LogP contribution in [0.15, 0.2) is 57.4 Å². The molecule has 0 aliphatic heterocycles. The number of carboxylic acids is 1. The zero-order valence-corrected chi connectivity index (χ0v) is 18.1. The monoisotopic (exact) mass is 470 g/mol. The van der Waals surface area contributed by atoms with Crippen LogP contribution in [0.4, 0.5) is 8.78 Å². The number of thiophene rings is 1. The molecule has 0 unspecified atom stereocenters. The Balaban J connectivity index is 1.91. The Hall–Kier alpha value is -3.92. The third kappa shape index (κ3) is 3.58. The highest BCUT2D eigenvalue weighted by atomic mass is 32.1. The molecule has 2 aromatic carbocycles. The molecule has 0 amide bonds. The topological polar surface area (TPSA) is 109 Å². The zero-order valence-electron chi connectivity index (χ0n) is 17.3. The number of rotatable bonds is 5. The van der Waals surface area contributed by atoms with Gasteiger partial charge in [0, 0.05) is 16.5 Å². The molecule has 2 aromatic heterocycles. The minimum Gasteiger partial charge on any atom is -0.477 e. The number of nitrogens with one attached hydrogen (secondary N) is 1. The second-order valence-electron chi connectivity index (χ2n) is 7.83. The van der Waals surface area contributed by atoms with Gasteiger partial charge in [0.05, 0.1) is 22.0 Å². The van der Waals surface area contributed by atoms with Gasteiger partial charge in [0.25, 0.3) is 5.56 Å². The third-order valence-electron chi connectivity index (χ3n) is 5.41. The summed E-state index contributed by atoms with van der Waals surface area (Å²) in [4.78, 5) is 52.4. The lowest BCUT2D eigenvalue weighted by atomic mass is 9.77. The minimum absolute atomic E-state index is 0.0111. The maximum atomic E-state index is 14.7. The van der Waals surface area contributed by atoms with E-state index in [1.165, 1.54) is 43.5 Å². The molecular formula is C23H16F2N2O5S. The number of ketones is 1. The maximum absolute atomic E-state index is 14.7. The number of aromatic nitrogens is 2. The number of hydrogen-bond donors (Lipinski definition) is 2. The van der Waals surface area contributed by atoms with Crippen molar-refractivity contribution in [3.8, 4) is 5.69 Å². The highest BCUT2D eigenvalue weighted by molar-refractivity contribution is 7.13. The van der Waals surface area contributed by atoms with Crippen LogP contribution in [-0.4, -0.2) is 26.4 Å². The molecule has 0 aliphatic rings. The molecule has 2 N–H and O–H groups in total. The van der Waals surface area contributed by atoms with Crippen molar-refractivity contribution in [3.05, 3.63) is 96.3 Å². The molecule has 0 radical (unpaired) electrons. The second kappa shape index (κ2) is 7.89. The van der Waals surface area contributed by atoms with E-state index in [0.29, 0.717) is 4.57 Å². The van der Waals surface area contributed by atoms with Gasteiger partial charge in [-0.1, -0.05) is 18.2 Å². The summed E-state index contributed by atoms with van der Waals surface area (Å²) >= 11 is 0.746. The first kappa shape index (κ1) is 22.3. The second-order valence-corrected chi connectivity index (χ2v) is 8.71. The number of carboxylic acid groups (broad SMARTS) is 1. The van der Waals surface area contributed by atoms with Gasteiger partial charge in [-0.15, -0.1) is 11.3 Å². The Morgan fingerprint density at radius 1 is 1.06 bits per heavy atom. The largest absolute Gasteiger partial charge is 0.477 e. The van der Waals surface area contributed by atoms with Crippen molar-refractivity contribution in [2.24, 2.45) is 0 Å². The number of halogens is 2. The molecule has 2 heterocycles. The van der Waals surface area contributed by atoms with Crippen LogP contribution in [-0.2, 0) is 5.41 Å². The van der Waals surface area contributed by atoms with Gasteiger partial charge in [0.1, 0.15) is 16.5 Å². The normalized spacial score (nSPS) is 11.6. The van der Waals surface area contributed by atoms with Crippen molar-refractivity contribution in [3.63, 3.8) is 0 Å². The Kier molecular flexibility index (Phi) is 5.33. The van der Waals surface area contributed by atoms with Crippen LogP contribution in [0, 0.1) is 11.6 Å². The average Bonchev–Trinajstić information content (AvgIpc) is 3.19. The van der Waals surface area contributed by atoms with E-state index in [9.17, 15) is 33.1 Å². The van der Waals surface area contributed by atoms with Crippen molar-refractivity contribution in [2.75, 3.05) is 0 Å². The van der Waals surface area contributed by atoms with Gasteiger partial charge in [-0.05, 0) is 38.1 Å². The van der Waals surface area contributed by atoms with Crippen LogP contribution in [0.2, 0.25) is 0 Å². The molecule has 33 heavy (non-hydrogen) atoms. The zero-order chi connectivity index (χ0) is 24.1. The van der Waals surface area contributed by atoms with Crippen LogP contribution in [0.5, 0.6) is 0 Å². The molecule has 4 aromatic rings. The van der Waals surface area contributed by atoms with Gasteiger partial charge in [-0.25, -0.2) is 22.9 Å². The predicted molar refractivity (Wildman–Crippen MR) is 119 cm³/mol. The van der Waals surface area contributed by atoms with E-state index in [1.807, 2.05) is 0 Å². The van der Waals surface area contributed by atoms with Gasteiger partial charge < -0.3 is 10.1 Å². The summed E-state index contributed by atoms with van der Waals surface area (Å²) in [5.74, 6) is -3.51. The number of Topliss-reactive ketones (excluding diaryl/α,β-unsaturated/α-hetero) is 1. The van der Waals surface area contributed by atoms with Crippen molar-refractivity contribution in [2.45, 2.75) is 19.3 Å². The SMILES string of the molecule is CC(C)(C(=O)c1ccc(F)c(-n2c(=O)[nH]c3csc(C(=O)O)c3c2=O)c1)c1ccccc1F. The Morgan fingerprint density at radius 2 is 1.76 bits per heavy atom. The summed E-state index contributed by atoms with van der Waals surface area (Å²) in [6.45, 7) is 3.01. The molecule has 4 rings (SSSR count). The van der Waals surface area contributed by atoms with Gasteiger partial charge in [0.2, 0.25) is 0 Å². The molecular weight excluding hydrogens is 454 g/mol. The Bertz CT molecular complexity index is 1570. The number of carbonyl (C=O) groups is 2. The first-order chi connectivity index (χ1) is 15.5. The van der Waals surface area contributed by atoms with Crippen LogP contribution in [0.25, 0.3) is 16.6 Å². The average molecular weight is 470 g/mol. The molecule has 0 aliphatic carbocycles. The predicted octanol–water partition coefficient (Wildman–Crippen LogP) is 3.88.